The summed E-state index contributed by atoms with van der Waals surface area (Å²) in [6.07, 6.45) is 6.49. The Kier molecular flexibility index (Phi) is 5.32. The van der Waals surface area contributed by atoms with Gasteiger partial charge in [0.1, 0.15) is 11.6 Å². The number of nitrogens with zero attached hydrogens (tertiary/aromatic N) is 1. The fourth-order valence-electron chi connectivity index (χ4n) is 2.56. The molecule has 3 nitrogen and oxygen atoms in total. The van der Waals surface area contributed by atoms with Crippen molar-refractivity contribution in [3.05, 3.63) is 35.4 Å². The predicted octanol–water partition coefficient (Wildman–Crippen LogP) is 2.74. The first-order valence-corrected chi connectivity index (χ1v) is 7.15. The summed E-state index contributed by atoms with van der Waals surface area (Å²) in [6, 6.07) is 3.93. The van der Waals surface area contributed by atoms with Gasteiger partial charge in [0.05, 0.1) is 0 Å². The fraction of sp³-hybridized carbons (Fsp3) is 0.533. The summed E-state index contributed by atoms with van der Waals surface area (Å²) >= 11 is 0. The third-order valence-corrected chi connectivity index (χ3v) is 3.56. The zero-order valence-electron chi connectivity index (χ0n) is 11.5. The Labute approximate surface area is 118 Å². The van der Waals surface area contributed by atoms with E-state index in [0.29, 0.717) is 30.5 Å². The molecule has 0 saturated heterocycles. The zero-order chi connectivity index (χ0) is 14.4. The maximum absolute atomic E-state index is 13.0. The molecule has 20 heavy (non-hydrogen) atoms. The van der Waals surface area contributed by atoms with Crippen molar-refractivity contribution >= 4 is 5.96 Å². The highest BCUT2D eigenvalue weighted by molar-refractivity contribution is 5.78. The number of hydrogen-bond donors (Lipinski definition) is 2. The second-order valence-corrected chi connectivity index (χ2v) is 5.27. The second-order valence-electron chi connectivity index (χ2n) is 5.27. The summed E-state index contributed by atoms with van der Waals surface area (Å²) in [4.78, 5) is 4.21. The predicted molar refractivity (Wildman–Crippen MR) is 76.6 cm³/mol. The molecular weight excluding hydrogens is 260 g/mol. The van der Waals surface area contributed by atoms with Crippen LogP contribution in [0.2, 0.25) is 0 Å². The normalized spacial score (nSPS) is 17.2. The molecule has 5 heteroatoms. The van der Waals surface area contributed by atoms with Crippen molar-refractivity contribution < 1.29 is 8.78 Å². The van der Waals surface area contributed by atoms with Crippen LogP contribution in [0, 0.1) is 11.6 Å². The molecule has 0 spiro atoms. The molecule has 110 valence electrons. The van der Waals surface area contributed by atoms with E-state index in [9.17, 15) is 8.78 Å². The van der Waals surface area contributed by atoms with Crippen molar-refractivity contribution in [2.24, 2.45) is 10.7 Å². The molecule has 1 aliphatic carbocycles. The van der Waals surface area contributed by atoms with E-state index in [-0.39, 0.29) is 0 Å². The van der Waals surface area contributed by atoms with Gasteiger partial charge in [0.25, 0.3) is 0 Å². The number of rotatable bonds is 4. The van der Waals surface area contributed by atoms with Gasteiger partial charge in [-0.15, -0.1) is 0 Å². The van der Waals surface area contributed by atoms with Crippen LogP contribution in [0.1, 0.15) is 37.7 Å². The first kappa shape index (κ1) is 14.8. The van der Waals surface area contributed by atoms with Crippen LogP contribution in [0.15, 0.2) is 23.2 Å². The molecule has 2 rings (SSSR count). The van der Waals surface area contributed by atoms with Crippen LogP contribution in [0.3, 0.4) is 0 Å². The third kappa shape index (κ3) is 4.79. The van der Waals surface area contributed by atoms with E-state index in [2.05, 4.69) is 10.3 Å². The van der Waals surface area contributed by atoms with Crippen molar-refractivity contribution in [3.8, 4) is 0 Å². The van der Waals surface area contributed by atoms with Crippen LogP contribution >= 0.6 is 0 Å². The minimum atomic E-state index is -0.558. The summed E-state index contributed by atoms with van der Waals surface area (Å²) in [7, 11) is 0. The van der Waals surface area contributed by atoms with E-state index in [1.165, 1.54) is 31.4 Å². The van der Waals surface area contributed by atoms with Gasteiger partial charge in [0, 0.05) is 18.7 Å². The molecule has 0 amide bonds. The molecule has 0 unspecified atom stereocenters. The Hall–Kier alpha value is -1.65. The number of hydrogen-bond acceptors (Lipinski definition) is 1. The number of nitrogens with one attached hydrogen (secondary N) is 1. The monoisotopic (exact) mass is 281 g/mol. The topological polar surface area (TPSA) is 50.4 Å². The molecule has 0 aliphatic heterocycles. The zero-order valence-corrected chi connectivity index (χ0v) is 11.5. The lowest BCUT2D eigenvalue weighted by Crippen LogP contribution is -2.41. The van der Waals surface area contributed by atoms with E-state index in [4.69, 9.17) is 5.73 Å². The molecule has 0 aromatic heterocycles. The van der Waals surface area contributed by atoms with Crippen LogP contribution in [0.4, 0.5) is 8.78 Å². The maximum atomic E-state index is 13.0. The second kappa shape index (κ2) is 7.22. The van der Waals surface area contributed by atoms with Crippen molar-refractivity contribution in [1.29, 1.82) is 0 Å². The van der Waals surface area contributed by atoms with Gasteiger partial charge >= 0.3 is 0 Å². The van der Waals surface area contributed by atoms with E-state index >= 15 is 0 Å². The summed E-state index contributed by atoms with van der Waals surface area (Å²) in [5.74, 6) is -0.691. The lowest BCUT2D eigenvalue weighted by molar-refractivity contribution is 0.412. The van der Waals surface area contributed by atoms with Crippen LogP contribution < -0.4 is 11.1 Å². The van der Waals surface area contributed by atoms with E-state index < -0.39 is 11.6 Å². The summed E-state index contributed by atoms with van der Waals surface area (Å²) in [5.41, 5.74) is 6.41. The van der Waals surface area contributed by atoms with Gasteiger partial charge < -0.3 is 11.1 Å². The van der Waals surface area contributed by atoms with Gasteiger partial charge in [-0.2, -0.15) is 0 Å². The van der Waals surface area contributed by atoms with Crippen LogP contribution in [-0.2, 0) is 6.42 Å². The Bertz CT molecular complexity index is 448. The van der Waals surface area contributed by atoms with Gasteiger partial charge in [-0.05, 0) is 37.0 Å². The van der Waals surface area contributed by atoms with Gasteiger partial charge in [-0.3, -0.25) is 4.99 Å². The maximum Gasteiger partial charge on any atom is 0.188 e. The van der Waals surface area contributed by atoms with E-state index in [1.54, 1.807) is 0 Å². The number of halogens is 2. The standard InChI is InChI=1S/C15H21F2N3/c16-12-8-11(9-13(17)10-12)6-7-19-15(18)20-14-4-2-1-3-5-14/h8-10,14H,1-7H2,(H3,18,19,20). The first-order valence-electron chi connectivity index (χ1n) is 7.15. The molecule has 0 heterocycles. The molecule has 1 fully saturated rings. The Morgan fingerprint density at radius 3 is 2.45 bits per heavy atom. The van der Waals surface area contributed by atoms with Crippen molar-refractivity contribution in [2.75, 3.05) is 6.54 Å². The highest BCUT2D eigenvalue weighted by Gasteiger charge is 2.13. The van der Waals surface area contributed by atoms with E-state index in [0.717, 1.165) is 18.9 Å². The van der Waals surface area contributed by atoms with Gasteiger partial charge in [0.2, 0.25) is 0 Å². The largest absolute Gasteiger partial charge is 0.370 e. The molecule has 1 saturated carbocycles. The third-order valence-electron chi connectivity index (χ3n) is 3.56. The highest BCUT2D eigenvalue weighted by atomic mass is 19.1. The smallest absolute Gasteiger partial charge is 0.188 e. The van der Waals surface area contributed by atoms with Gasteiger partial charge in [-0.1, -0.05) is 19.3 Å². The molecule has 0 atom stereocenters. The van der Waals surface area contributed by atoms with Crippen molar-refractivity contribution in [1.82, 2.24) is 5.32 Å². The van der Waals surface area contributed by atoms with Crippen LogP contribution in [-0.4, -0.2) is 18.5 Å². The van der Waals surface area contributed by atoms with E-state index in [1.807, 2.05) is 0 Å². The molecule has 1 aliphatic rings. The summed E-state index contributed by atoms with van der Waals surface area (Å²) in [5, 5.41) is 3.21. The summed E-state index contributed by atoms with van der Waals surface area (Å²) < 4.78 is 26.0. The SMILES string of the molecule is NC(=NCCc1cc(F)cc(F)c1)NC1CCCCC1. The lowest BCUT2D eigenvalue weighted by atomic mass is 9.96. The number of nitrogens with two attached hydrogens (primary N) is 1. The molecule has 3 N–H and O–H groups in total. The molecule has 1 aromatic rings. The molecule has 1 aromatic carbocycles. The number of guanidine groups is 1. The Morgan fingerprint density at radius 1 is 1.15 bits per heavy atom. The van der Waals surface area contributed by atoms with Crippen LogP contribution in [0.25, 0.3) is 0 Å². The average Bonchev–Trinajstić information content (AvgIpc) is 2.38. The average molecular weight is 281 g/mol. The van der Waals surface area contributed by atoms with Crippen molar-refractivity contribution in [3.63, 3.8) is 0 Å². The number of aliphatic imine (C=N–C) groups is 1. The molecule has 0 radical (unpaired) electrons. The fourth-order valence-corrected chi connectivity index (χ4v) is 2.56. The quantitative estimate of drug-likeness (QED) is 0.658. The van der Waals surface area contributed by atoms with Gasteiger partial charge in [-0.25, -0.2) is 8.78 Å². The molecule has 0 bridgehead atoms. The Morgan fingerprint density at radius 2 is 1.80 bits per heavy atom. The van der Waals surface area contributed by atoms with Gasteiger partial charge in [0.15, 0.2) is 5.96 Å². The number of benzene rings is 1. The Balaban J connectivity index is 1.79. The summed E-state index contributed by atoms with van der Waals surface area (Å²) in [6.45, 7) is 0.425. The first-order chi connectivity index (χ1) is 9.63. The highest BCUT2D eigenvalue weighted by Crippen LogP contribution is 2.17. The van der Waals surface area contributed by atoms with Crippen LogP contribution in [0.5, 0.6) is 0 Å². The lowest BCUT2D eigenvalue weighted by Gasteiger charge is -2.23. The minimum absolute atomic E-state index is 0.416. The minimum Gasteiger partial charge on any atom is -0.370 e. The van der Waals surface area contributed by atoms with Crippen molar-refractivity contribution in [2.45, 2.75) is 44.6 Å². The molecular formula is C15H21F2N3.